The van der Waals surface area contributed by atoms with E-state index in [-0.39, 0.29) is 12.0 Å². The Morgan fingerprint density at radius 1 is 1.35 bits per heavy atom. The van der Waals surface area contributed by atoms with Crippen molar-refractivity contribution in [3.05, 3.63) is 36.1 Å². The van der Waals surface area contributed by atoms with Gasteiger partial charge in [-0.1, -0.05) is 39.0 Å². The van der Waals surface area contributed by atoms with E-state index >= 15 is 0 Å². The van der Waals surface area contributed by atoms with Gasteiger partial charge in [0.15, 0.2) is 0 Å². The molecule has 0 aliphatic heterocycles. The highest BCUT2D eigenvalue weighted by Gasteiger charge is 2.23. The van der Waals surface area contributed by atoms with E-state index in [1.54, 1.807) is 7.11 Å². The number of fused-ring (bicyclic) bond motifs is 1. The maximum Gasteiger partial charge on any atom is 0.225 e. The first kappa shape index (κ1) is 14.6. The number of amides is 1. The summed E-state index contributed by atoms with van der Waals surface area (Å²) in [6, 6.07) is 9.75. The Hall–Kier alpha value is -1.81. The summed E-state index contributed by atoms with van der Waals surface area (Å²) in [4.78, 5) is 11.9. The smallest absolute Gasteiger partial charge is 0.225 e. The lowest BCUT2D eigenvalue weighted by Gasteiger charge is -2.20. The van der Waals surface area contributed by atoms with E-state index in [0.717, 1.165) is 16.7 Å². The van der Waals surface area contributed by atoms with E-state index in [9.17, 15) is 4.79 Å². The molecule has 0 unspecified atom stereocenters. The largest absolute Gasteiger partial charge is 0.458 e. The summed E-state index contributed by atoms with van der Waals surface area (Å²) in [6.45, 7) is 6.04. The van der Waals surface area contributed by atoms with Crippen molar-refractivity contribution in [1.29, 1.82) is 0 Å². The fourth-order valence-electron chi connectivity index (χ4n) is 1.91. The van der Waals surface area contributed by atoms with Crippen LogP contribution in [-0.2, 0) is 9.53 Å². The third-order valence-electron chi connectivity index (χ3n) is 3.18. The fourth-order valence-corrected chi connectivity index (χ4v) is 1.91. The third kappa shape index (κ3) is 3.20. The van der Waals surface area contributed by atoms with Crippen LogP contribution in [0.1, 0.15) is 32.6 Å². The predicted octanol–water partition coefficient (Wildman–Crippen LogP) is 3.28. The summed E-state index contributed by atoms with van der Waals surface area (Å²) in [5.74, 6) is 0.721. The zero-order chi connectivity index (χ0) is 14.8. The molecule has 0 aliphatic carbocycles. The number of nitrogens with one attached hydrogen (secondary N) is 1. The molecule has 0 radical (unpaired) electrons. The Morgan fingerprint density at radius 3 is 2.65 bits per heavy atom. The molecule has 0 bridgehead atoms. The van der Waals surface area contributed by atoms with E-state index in [0.29, 0.717) is 6.54 Å². The van der Waals surface area contributed by atoms with Gasteiger partial charge in [-0.3, -0.25) is 4.79 Å². The maximum atomic E-state index is 11.9. The SMILES string of the molecule is CO[C@@H](CNC(=O)C(C)(C)C)c1cc2ccccc2o1. The predicted molar refractivity (Wildman–Crippen MR) is 78.4 cm³/mol. The van der Waals surface area contributed by atoms with Crippen LogP contribution in [0.15, 0.2) is 34.7 Å². The molecule has 2 rings (SSSR count). The van der Waals surface area contributed by atoms with E-state index in [4.69, 9.17) is 9.15 Å². The molecule has 20 heavy (non-hydrogen) atoms. The Labute approximate surface area is 119 Å². The zero-order valence-electron chi connectivity index (χ0n) is 12.4. The van der Waals surface area contributed by atoms with Crippen LogP contribution < -0.4 is 5.32 Å². The average Bonchev–Trinajstić information content (AvgIpc) is 2.81. The van der Waals surface area contributed by atoms with E-state index in [1.807, 2.05) is 51.1 Å². The monoisotopic (exact) mass is 275 g/mol. The maximum absolute atomic E-state index is 11.9. The van der Waals surface area contributed by atoms with Crippen LogP contribution in [0.5, 0.6) is 0 Å². The molecule has 0 saturated heterocycles. The lowest BCUT2D eigenvalue weighted by atomic mass is 9.95. The number of carbonyl (C=O) groups is 1. The van der Waals surface area contributed by atoms with Crippen LogP contribution in [-0.4, -0.2) is 19.6 Å². The Kier molecular flexibility index (Phi) is 4.14. The van der Waals surface area contributed by atoms with Crippen LogP contribution in [0.4, 0.5) is 0 Å². The number of hydrogen-bond donors (Lipinski definition) is 1. The van der Waals surface area contributed by atoms with Gasteiger partial charge in [0, 0.05) is 17.9 Å². The highest BCUT2D eigenvalue weighted by molar-refractivity contribution is 5.81. The quantitative estimate of drug-likeness (QED) is 0.931. The van der Waals surface area contributed by atoms with Crippen LogP contribution in [0.3, 0.4) is 0 Å². The minimum Gasteiger partial charge on any atom is -0.458 e. The number of carbonyl (C=O) groups excluding carboxylic acids is 1. The van der Waals surface area contributed by atoms with Gasteiger partial charge in [0.05, 0.1) is 6.54 Å². The lowest BCUT2D eigenvalue weighted by molar-refractivity contribution is -0.129. The van der Waals surface area contributed by atoms with Crippen LogP contribution in [0.25, 0.3) is 11.0 Å². The van der Waals surface area contributed by atoms with Gasteiger partial charge in [0.2, 0.25) is 5.91 Å². The average molecular weight is 275 g/mol. The second-order valence-corrected chi connectivity index (χ2v) is 5.87. The van der Waals surface area contributed by atoms with Gasteiger partial charge in [-0.2, -0.15) is 0 Å². The molecule has 1 aromatic heterocycles. The molecule has 108 valence electrons. The summed E-state index contributed by atoms with van der Waals surface area (Å²) >= 11 is 0. The van der Waals surface area contributed by atoms with Crippen LogP contribution in [0, 0.1) is 5.41 Å². The van der Waals surface area contributed by atoms with Crippen molar-refractivity contribution in [2.75, 3.05) is 13.7 Å². The van der Waals surface area contributed by atoms with Crippen molar-refractivity contribution in [3.63, 3.8) is 0 Å². The Bertz CT molecular complexity index is 562. The highest BCUT2D eigenvalue weighted by Crippen LogP contribution is 2.25. The lowest BCUT2D eigenvalue weighted by Crippen LogP contribution is -2.37. The molecule has 0 fully saturated rings. The molecule has 1 N–H and O–H groups in total. The summed E-state index contributed by atoms with van der Waals surface area (Å²) < 4.78 is 11.2. The molecule has 0 spiro atoms. The molecule has 4 nitrogen and oxygen atoms in total. The first-order valence-electron chi connectivity index (χ1n) is 6.71. The minimum absolute atomic E-state index is 0.00402. The van der Waals surface area contributed by atoms with Crippen LogP contribution in [0.2, 0.25) is 0 Å². The van der Waals surface area contributed by atoms with E-state index in [2.05, 4.69) is 5.32 Å². The molecule has 2 aromatic rings. The number of para-hydroxylation sites is 1. The Morgan fingerprint density at radius 2 is 2.05 bits per heavy atom. The third-order valence-corrected chi connectivity index (χ3v) is 3.18. The molecule has 1 aromatic carbocycles. The summed E-state index contributed by atoms with van der Waals surface area (Å²) in [5.41, 5.74) is 0.415. The second-order valence-electron chi connectivity index (χ2n) is 5.87. The molecule has 1 heterocycles. The van der Waals surface area contributed by atoms with Gasteiger partial charge in [-0.05, 0) is 12.1 Å². The number of hydrogen-bond acceptors (Lipinski definition) is 3. The van der Waals surface area contributed by atoms with Gasteiger partial charge < -0.3 is 14.5 Å². The normalized spacial score (nSPS) is 13.4. The second kappa shape index (κ2) is 5.67. The molecule has 1 amide bonds. The van der Waals surface area contributed by atoms with Gasteiger partial charge in [0.25, 0.3) is 0 Å². The van der Waals surface area contributed by atoms with Gasteiger partial charge >= 0.3 is 0 Å². The number of ether oxygens (including phenoxy) is 1. The van der Waals surface area contributed by atoms with E-state index < -0.39 is 5.41 Å². The molecule has 4 heteroatoms. The van der Waals surface area contributed by atoms with E-state index in [1.165, 1.54) is 0 Å². The number of benzene rings is 1. The first-order valence-corrected chi connectivity index (χ1v) is 6.71. The summed E-state index contributed by atoms with van der Waals surface area (Å²) in [6.07, 6.45) is -0.284. The fraction of sp³-hybridized carbons (Fsp3) is 0.438. The van der Waals surface area contributed by atoms with Crippen molar-refractivity contribution >= 4 is 16.9 Å². The minimum atomic E-state index is -0.411. The zero-order valence-corrected chi connectivity index (χ0v) is 12.4. The topological polar surface area (TPSA) is 51.5 Å². The van der Waals surface area contributed by atoms with Crippen molar-refractivity contribution in [3.8, 4) is 0 Å². The number of rotatable bonds is 4. The molecule has 1 atom stereocenters. The van der Waals surface area contributed by atoms with Gasteiger partial charge in [-0.15, -0.1) is 0 Å². The van der Waals surface area contributed by atoms with Crippen molar-refractivity contribution in [2.24, 2.45) is 5.41 Å². The molecular formula is C16H21NO3. The Balaban J connectivity index is 2.10. The first-order chi connectivity index (χ1) is 9.41. The molecule has 0 aliphatic rings. The van der Waals surface area contributed by atoms with Crippen molar-refractivity contribution < 1.29 is 13.9 Å². The van der Waals surface area contributed by atoms with Crippen LogP contribution >= 0.6 is 0 Å². The molecule has 0 saturated carbocycles. The summed E-state index contributed by atoms with van der Waals surface area (Å²) in [5, 5.41) is 3.93. The van der Waals surface area contributed by atoms with Gasteiger partial charge in [-0.25, -0.2) is 0 Å². The summed E-state index contributed by atoms with van der Waals surface area (Å²) in [7, 11) is 1.61. The standard InChI is InChI=1S/C16H21NO3/c1-16(2,3)15(18)17-10-14(19-4)13-9-11-7-5-6-8-12(11)20-13/h5-9,14H,10H2,1-4H3,(H,17,18)/t14-/m0/s1. The number of furan rings is 1. The molecular weight excluding hydrogens is 254 g/mol. The van der Waals surface area contributed by atoms with Gasteiger partial charge in [0.1, 0.15) is 17.4 Å². The highest BCUT2D eigenvalue weighted by atomic mass is 16.5. The number of methoxy groups -OCH3 is 1. The van der Waals surface area contributed by atoms with Crippen molar-refractivity contribution in [1.82, 2.24) is 5.32 Å². The van der Waals surface area contributed by atoms with Crippen molar-refractivity contribution in [2.45, 2.75) is 26.9 Å².